The molecule has 4 heteroatoms. The van der Waals surface area contributed by atoms with E-state index in [4.69, 9.17) is 23.2 Å². The third-order valence-corrected chi connectivity index (χ3v) is 2.40. The fraction of sp³-hybridized carbons (Fsp3) is 0.250. The first-order chi connectivity index (χ1) is 5.77. The lowest BCUT2D eigenvalue weighted by molar-refractivity contribution is 0.865. The molecule has 1 heterocycles. The van der Waals surface area contributed by atoms with Crippen LogP contribution in [0.25, 0.3) is 0 Å². The molecule has 0 spiro atoms. The molecule has 0 fully saturated rings. The second kappa shape index (κ2) is 3.04. The number of halogens is 2. The van der Waals surface area contributed by atoms with Gasteiger partial charge in [-0.1, -0.05) is 23.2 Å². The van der Waals surface area contributed by atoms with Crippen LogP contribution in [0.2, 0.25) is 10.0 Å². The second-order valence-electron chi connectivity index (χ2n) is 2.52. The van der Waals surface area contributed by atoms with Gasteiger partial charge in [-0.25, -0.2) is 0 Å². The fourth-order valence-corrected chi connectivity index (χ4v) is 1.44. The van der Waals surface area contributed by atoms with Crippen molar-refractivity contribution in [2.75, 3.05) is 13.1 Å². The highest BCUT2D eigenvalue weighted by atomic mass is 35.5. The molecule has 0 bridgehead atoms. The van der Waals surface area contributed by atoms with Crippen LogP contribution < -0.4 is 10.7 Å². The summed E-state index contributed by atoms with van der Waals surface area (Å²) in [6.07, 6.45) is 0. The van der Waals surface area contributed by atoms with Crippen LogP contribution in [0, 0.1) is 0 Å². The highest BCUT2D eigenvalue weighted by Gasteiger charge is 2.01. The maximum Gasteiger partial charge on any atom is 0.0843 e. The molecule has 0 unspecified atom stereocenters. The Hall–Kier alpha value is -0.600. The van der Waals surface area contributed by atoms with Crippen molar-refractivity contribution in [1.82, 2.24) is 0 Å². The minimum absolute atomic E-state index is 0.538. The normalized spacial score (nSPS) is 14.5. The highest BCUT2D eigenvalue weighted by molar-refractivity contribution is 6.41. The SMILES string of the molecule is Clc1cc2c(cc1Cl)=NCCN=2. The number of fused-ring (bicyclic) bond motifs is 1. The van der Waals surface area contributed by atoms with Gasteiger partial charge in [-0.2, -0.15) is 0 Å². The van der Waals surface area contributed by atoms with Crippen molar-refractivity contribution in [1.29, 1.82) is 0 Å². The largest absolute Gasteiger partial charge is 0.281 e. The van der Waals surface area contributed by atoms with Gasteiger partial charge in [0, 0.05) is 0 Å². The first-order valence-electron chi connectivity index (χ1n) is 3.61. The first-order valence-corrected chi connectivity index (χ1v) is 4.37. The van der Waals surface area contributed by atoms with E-state index in [1.165, 1.54) is 0 Å². The molecule has 2 rings (SSSR count). The Morgan fingerprint density at radius 2 is 1.33 bits per heavy atom. The summed E-state index contributed by atoms with van der Waals surface area (Å²) in [6.45, 7) is 1.48. The van der Waals surface area contributed by atoms with Gasteiger partial charge in [0.25, 0.3) is 0 Å². The number of benzene rings is 1. The monoisotopic (exact) mass is 200 g/mol. The van der Waals surface area contributed by atoms with Crippen LogP contribution in [0.1, 0.15) is 0 Å². The van der Waals surface area contributed by atoms with Crippen LogP contribution in [0.5, 0.6) is 0 Å². The van der Waals surface area contributed by atoms with Gasteiger partial charge in [0.05, 0.1) is 33.8 Å². The zero-order valence-electron chi connectivity index (χ0n) is 6.22. The molecule has 0 N–H and O–H groups in total. The molecule has 0 saturated carbocycles. The highest BCUT2D eigenvalue weighted by Crippen LogP contribution is 2.16. The van der Waals surface area contributed by atoms with E-state index in [1.807, 2.05) is 0 Å². The summed E-state index contributed by atoms with van der Waals surface area (Å²) in [5.41, 5.74) is 0. The van der Waals surface area contributed by atoms with E-state index >= 15 is 0 Å². The summed E-state index contributed by atoms with van der Waals surface area (Å²) in [5, 5.41) is 2.76. The van der Waals surface area contributed by atoms with E-state index in [0.717, 1.165) is 23.8 Å². The maximum atomic E-state index is 5.81. The van der Waals surface area contributed by atoms with Gasteiger partial charge in [-0.3, -0.25) is 9.98 Å². The molecule has 0 aliphatic carbocycles. The lowest BCUT2D eigenvalue weighted by atomic mass is 10.3. The van der Waals surface area contributed by atoms with Crippen molar-refractivity contribution in [3.8, 4) is 0 Å². The molecular formula is C8H6Cl2N2. The smallest absolute Gasteiger partial charge is 0.0843 e. The Kier molecular flexibility index (Phi) is 2.03. The molecule has 2 nitrogen and oxygen atoms in total. The quantitative estimate of drug-likeness (QED) is 0.603. The van der Waals surface area contributed by atoms with E-state index in [9.17, 15) is 0 Å². The van der Waals surface area contributed by atoms with Crippen molar-refractivity contribution >= 4 is 23.2 Å². The number of rotatable bonds is 0. The van der Waals surface area contributed by atoms with Crippen LogP contribution in [0.3, 0.4) is 0 Å². The van der Waals surface area contributed by atoms with Crippen molar-refractivity contribution in [3.63, 3.8) is 0 Å². The maximum absolute atomic E-state index is 5.81. The lowest BCUT2D eigenvalue weighted by Crippen LogP contribution is -2.29. The molecule has 1 aromatic rings. The Morgan fingerprint density at radius 1 is 0.917 bits per heavy atom. The first kappa shape index (κ1) is 8.02. The van der Waals surface area contributed by atoms with Crippen molar-refractivity contribution in [3.05, 3.63) is 32.9 Å². The average Bonchev–Trinajstić information content (AvgIpc) is 2.07. The number of hydrogen-bond acceptors (Lipinski definition) is 2. The minimum atomic E-state index is 0.538. The standard InChI is InChI=1S/C8H6Cl2N2/c9-5-3-7-8(4-6(5)10)12-2-1-11-7/h3-4H,1-2H2. The summed E-state index contributed by atoms with van der Waals surface area (Å²) in [6, 6.07) is 3.50. The molecular weight excluding hydrogens is 195 g/mol. The molecule has 0 amide bonds. The third-order valence-electron chi connectivity index (χ3n) is 1.68. The summed E-state index contributed by atoms with van der Waals surface area (Å²) in [5.74, 6) is 0. The summed E-state index contributed by atoms with van der Waals surface area (Å²) in [7, 11) is 0. The number of hydrogen-bond donors (Lipinski definition) is 0. The molecule has 0 atom stereocenters. The zero-order chi connectivity index (χ0) is 8.55. The molecule has 62 valence electrons. The zero-order valence-corrected chi connectivity index (χ0v) is 7.73. The lowest BCUT2D eigenvalue weighted by Gasteiger charge is -2.00. The predicted octanol–water partition coefficient (Wildman–Crippen LogP) is 1.25. The van der Waals surface area contributed by atoms with Gasteiger partial charge in [-0.05, 0) is 12.1 Å². The Bertz CT molecular complexity index is 384. The Balaban J connectivity index is 2.82. The number of nitrogens with zero attached hydrogens (tertiary/aromatic N) is 2. The Labute approximate surface area is 79.6 Å². The minimum Gasteiger partial charge on any atom is -0.281 e. The average molecular weight is 201 g/mol. The molecule has 1 aliphatic rings. The third kappa shape index (κ3) is 1.32. The predicted molar refractivity (Wildman–Crippen MR) is 48.5 cm³/mol. The fourth-order valence-electron chi connectivity index (χ4n) is 1.12. The molecule has 1 aliphatic heterocycles. The van der Waals surface area contributed by atoms with E-state index in [0.29, 0.717) is 10.0 Å². The van der Waals surface area contributed by atoms with Crippen LogP contribution >= 0.6 is 23.2 Å². The van der Waals surface area contributed by atoms with E-state index in [-0.39, 0.29) is 0 Å². The molecule has 1 aromatic carbocycles. The Morgan fingerprint density at radius 3 is 1.75 bits per heavy atom. The van der Waals surface area contributed by atoms with Crippen LogP contribution in [-0.4, -0.2) is 13.1 Å². The molecule has 0 aromatic heterocycles. The van der Waals surface area contributed by atoms with Gasteiger partial charge in [0.1, 0.15) is 0 Å². The second-order valence-corrected chi connectivity index (χ2v) is 3.33. The van der Waals surface area contributed by atoms with E-state index in [1.54, 1.807) is 12.1 Å². The summed E-state index contributed by atoms with van der Waals surface area (Å²) in [4.78, 5) is 8.52. The molecule has 0 radical (unpaired) electrons. The van der Waals surface area contributed by atoms with Crippen LogP contribution in [-0.2, 0) is 0 Å². The van der Waals surface area contributed by atoms with Gasteiger partial charge in [-0.15, -0.1) is 0 Å². The van der Waals surface area contributed by atoms with E-state index < -0.39 is 0 Å². The topological polar surface area (TPSA) is 24.7 Å². The van der Waals surface area contributed by atoms with E-state index in [2.05, 4.69) is 9.98 Å². The van der Waals surface area contributed by atoms with Gasteiger partial charge < -0.3 is 0 Å². The summed E-state index contributed by atoms with van der Waals surface area (Å²) < 4.78 is 0. The van der Waals surface area contributed by atoms with Crippen molar-refractivity contribution in [2.24, 2.45) is 9.98 Å². The van der Waals surface area contributed by atoms with Gasteiger partial charge >= 0.3 is 0 Å². The molecule has 12 heavy (non-hydrogen) atoms. The molecule has 0 saturated heterocycles. The van der Waals surface area contributed by atoms with Gasteiger partial charge in [0.15, 0.2) is 0 Å². The van der Waals surface area contributed by atoms with Gasteiger partial charge in [0.2, 0.25) is 0 Å². The summed E-state index contributed by atoms with van der Waals surface area (Å²) >= 11 is 11.6. The van der Waals surface area contributed by atoms with Crippen LogP contribution in [0.15, 0.2) is 22.1 Å². The van der Waals surface area contributed by atoms with Crippen molar-refractivity contribution in [2.45, 2.75) is 0 Å². The van der Waals surface area contributed by atoms with Crippen molar-refractivity contribution < 1.29 is 0 Å². The van der Waals surface area contributed by atoms with Crippen LogP contribution in [0.4, 0.5) is 0 Å².